The van der Waals surface area contributed by atoms with Crippen LogP contribution in [0, 0.1) is 0 Å². The van der Waals surface area contributed by atoms with E-state index in [-0.39, 0.29) is 12.1 Å². The van der Waals surface area contributed by atoms with E-state index in [2.05, 4.69) is 46.5 Å². The summed E-state index contributed by atoms with van der Waals surface area (Å²) in [6.45, 7) is 5.25. The van der Waals surface area contributed by atoms with Crippen molar-refractivity contribution in [3.05, 3.63) is 84.2 Å². The van der Waals surface area contributed by atoms with Crippen molar-refractivity contribution < 1.29 is 4.74 Å². The van der Waals surface area contributed by atoms with Gasteiger partial charge in [-0.3, -0.25) is 4.90 Å². The summed E-state index contributed by atoms with van der Waals surface area (Å²) in [5, 5.41) is 3.51. The first-order valence-corrected chi connectivity index (χ1v) is 11.8. The minimum absolute atomic E-state index is 0.0188. The van der Waals surface area contributed by atoms with Gasteiger partial charge in [-0.25, -0.2) is 15.0 Å². The summed E-state index contributed by atoms with van der Waals surface area (Å²) >= 11 is 0. The van der Waals surface area contributed by atoms with E-state index in [1.165, 1.54) is 5.56 Å². The maximum absolute atomic E-state index is 6.05. The van der Waals surface area contributed by atoms with Gasteiger partial charge in [0.2, 0.25) is 5.95 Å². The quantitative estimate of drug-likeness (QED) is 0.409. The van der Waals surface area contributed by atoms with Crippen molar-refractivity contribution in [2.45, 2.75) is 32.4 Å². The molecule has 178 valence electrons. The zero-order valence-corrected chi connectivity index (χ0v) is 19.9. The molecular formula is C27H29N7O. The van der Waals surface area contributed by atoms with Gasteiger partial charge in [-0.1, -0.05) is 54.6 Å². The molecule has 0 aliphatic carbocycles. The number of fused-ring (bicyclic) bond motifs is 1. The minimum Gasteiger partial charge on any atom is -0.486 e. The number of anilines is 3. The van der Waals surface area contributed by atoms with Crippen LogP contribution in [0.1, 0.15) is 31.0 Å². The lowest BCUT2D eigenvalue weighted by Crippen LogP contribution is -2.31. The van der Waals surface area contributed by atoms with Crippen molar-refractivity contribution in [3.63, 3.8) is 0 Å². The summed E-state index contributed by atoms with van der Waals surface area (Å²) in [6, 6.07) is 20.4. The third-order valence-corrected chi connectivity index (χ3v) is 5.89. The normalized spacial score (nSPS) is 14.5. The van der Waals surface area contributed by atoms with Gasteiger partial charge in [0.05, 0.1) is 12.7 Å². The van der Waals surface area contributed by atoms with Crippen LogP contribution in [0.4, 0.5) is 17.6 Å². The summed E-state index contributed by atoms with van der Waals surface area (Å²) in [5.41, 5.74) is 9.37. The third kappa shape index (κ3) is 5.22. The number of nitrogens with zero attached hydrogens (tertiary/aromatic N) is 5. The average Bonchev–Trinajstić information content (AvgIpc) is 2.89. The molecule has 0 saturated heterocycles. The Labute approximate surface area is 205 Å². The van der Waals surface area contributed by atoms with Crippen LogP contribution in [0.3, 0.4) is 0 Å². The summed E-state index contributed by atoms with van der Waals surface area (Å²) in [7, 11) is 0. The molecule has 0 bridgehead atoms. The summed E-state index contributed by atoms with van der Waals surface area (Å²) in [4.78, 5) is 20.6. The highest BCUT2D eigenvalue weighted by atomic mass is 16.5. The van der Waals surface area contributed by atoms with Gasteiger partial charge in [0.1, 0.15) is 12.4 Å². The Morgan fingerprint density at radius 3 is 2.71 bits per heavy atom. The van der Waals surface area contributed by atoms with Crippen LogP contribution < -0.4 is 20.7 Å². The van der Waals surface area contributed by atoms with Crippen LogP contribution in [0.5, 0.6) is 5.75 Å². The summed E-state index contributed by atoms with van der Waals surface area (Å²) < 4.78 is 5.81. The number of hydrogen-bond donors (Lipinski definition) is 2. The number of nitrogens with one attached hydrogen (secondary N) is 1. The molecule has 8 nitrogen and oxygen atoms in total. The van der Waals surface area contributed by atoms with Crippen molar-refractivity contribution in [2.24, 2.45) is 5.73 Å². The molecule has 0 unspecified atom stereocenters. The Morgan fingerprint density at radius 2 is 1.89 bits per heavy atom. The first kappa shape index (κ1) is 22.7. The van der Waals surface area contributed by atoms with E-state index in [0.717, 1.165) is 23.4 Å². The fourth-order valence-corrected chi connectivity index (χ4v) is 4.15. The molecule has 35 heavy (non-hydrogen) atoms. The van der Waals surface area contributed by atoms with E-state index in [1.54, 1.807) is 12.4 Å². The highest BCUT2D eigenvalue weighted by Crippen LogP contribution is 2.34. The van der Waals surface area contributed by atoms with Crippen LogP contribution >= 0.6 is 0 Å². The van der Waals surface area contributed by atoms with Gasteiger partial charge >= 0.3 is 0 Å². The first-order valence-electron chi connectivity index (χ1n) is 11.8. The highest BCUT2D eigenvalue weighted by Gasteiger charge is 2.25. The molecule has 4 aromatic rings. The van der Waals surface area contributed by atoms with E-state index in [4.69, 9.17) is 20.4 Å². The Balaban J connectivity index is 1.35. The molecule has 0 fully saturated rings. The zero-order chi connectivity index (χ0) is 24.2. The fraction of sp³-hybridized carbons (Fsp3) is 0.259. The number of benzene rings is 2. The van der Waals surface area contributed by atoms with Crippen molar-refractivity contribution in [3.8, 4) is 17.1 Å². The summed E-state index contributed by atoms with van der Waals surface area (Å²) in [5.74, 6) is 3.26. The number of hydrogen-bond acceptors (Lipinski definition) is 8. The molecule has 1 aliphatic heterocycles. The van der Waals surface area contributed by atoms with E-state index < -0.39 is 0 Å². The van der Waals surface area contributed by atoms with E-state index in [1.807, 2.05) is 48.2 Å². The van der Waals surface area contributed by atoms with Crippen molar-refractivity contribution >= 4 is 17.6 Å². The molecule has 3 heterocycles. The fourth-order valence-electron chi connectivity index (χ4n) is 4.15. The Kier molecular flexibility index (Phi) is 6.54. The smallest absolute Gasteiger partial charge is 0.233 e. The predicted octanol–water partition coefficient (Wildman–Crippen LogP) is 4.53. The number of nitrogens with two attached hydrogens (primary N) is 1. The van der Waals surface area contributed by atoms with Gasteiger partial charge in [0, 0.05) is 23.8 Å². The van der Waals surface area contributed by atoms with Crippen molar-refractivity contribution in [1.29, 1.82) is 0 Å². The van der Waals surface area contributed by atoms with Gasteiger partial charge in [0.25, 0.3) is 0 Å². The van der Waals surface area contributed by atoms with E-state index in [9.17, 15) is 0 Å². The van der Waals surface area contributed by atoms with Gasteiger partial charge in [-0.05, 0) is 37.5 Å². The Bertz CT molecular complexity index is 1300. The second kappa shape index (κ2) is 10.1. The second-order valence-electron chi connectivity index (χ2n) is 8.77. The summed E-state index contributed by atoms with van der Waals surface area (Å²) in [6.07, 6.45) is 4.34. The number of ether oxygens (including phenoxy) is 1. The lowest BCUT2D eigenvalue weighted by molar-refractivity contribution is 0.309. The van der Waals surface area contributed by atoms with Gasteiger partial charge in [0.15, 0.2) is 17.4 Å². The van der Waals surface area contributed by atoms with Crippen molar-refractivity contribution in [2.75, 3.05) is 23.4 Å². The monoisotopic (exact) mass is 467 g/mol. The molecule has 2 aromatic carbocycles. The van der Waals surface area contributed by atoms with E-state index in [0.29, 0.717) is 36.5 Å². The van der Waals surface area contributed by atoms with Crippen LogP contribution in [0.15, 0.2) is 73.1 Å². The maximum Gasteiger partial charge on any atom is 0.233 e. The SMILES string of the molecule is C[C@@H](Cc1cccc([C@@H](C)N)c1)Nc1ccnc(N2CCOc3cnc(-c4ccccc4)nc32)n1. The molecule has 2 aromatic heterocycles. The maximum atomic E-state index is 6.05. The molecule has 0 saturated carbocycles. The topological polar surface area (TPSA) is 102 Å². The number of rotatable bonds is 7. The Morgan fingerprint density at radius 1 is 1.03 bits per heavy atom. The van der Waals surface area contributed by atoms with Gasteiger partial charge in [-0.2, -0.15) is 4.98 Å². The molecule has 1 aliphatic rings. The average molecular weight is 468 g/mol. The molecule has 0 amide bonds. The van der Waals surface area contributed by atoms with Crippen molar-refractivity contribution in [1.82, 2.24) is 19.9 Å². The lowest BCUT2D eigenvalue weighted by Gasteiger charge is -2.28. The van der Waals surface area contributed by atoms with Crippen LogP contribution in [-0.4, -0.2) is 39.1 Å². The van der Waals surface area contributed by atoms with Crippen LogP contribution in [-0.2, 0) is 6.42 Å². The predicted molar refractivity (Wildman–Crippen MR) is 138 cm³/mol. The molecule has 8 heteroatoms. The molecular weight excluding hydrogens is 438 g/mol. The molecule has 0 spiro atoms. The molecule has 3 N–H and O–H groups in total. The first-order chi connectivity index (χ1) is 17.1. The van der Waals surface area contributed by atoms with Crippen LogP contribution in [0.25, 0.3) is 11.4 Å². The highest BCUT2D eigenvalue weighted by molar-refractivity contribution is 5.66. The van der Waals surface area contributed by atoms with Gasteiger partial charge < -0.3 is 15.8 Å². The molecule has 0 radical (unpaired) electrons. The van der Waals surface area contributed by atoms with E-state index >= 15 is 0 Å². The molecule has 2 atom stereocenters. The lowest BCUT2D eigenvalue weighted by atomic mass is 10.0. The second-order valence-corrected chi connectivity index (χ2v) is 8.77. The third-order valence-electron chi connectivity index (χ3n) is 5.89. The van der Waals surface area contributed by atoms with Gasteiger partial charge in [-0.15, -0.1) is 0 Å². The Hall–Kier alpha value is -4.04. The molecule has 5 rings (SSSR count). The standard InChI is InChI=1S/C27H29N7O/c1-18(15-20-7-6-10-22(16-20)19(2)28)31-24-11-12-29-27(32-24)34-13-14-35-23-17-30-25(33-26(23)34)21-8-4-3-5-9-21/h3-12,16-19H,13-15,28H2,1-2H3,(H,29,31,32)/t18-,19+/m0/s1. The minimum atomic E-state index is 0.0188. The van der Waals surface area contributed by atoms with Crippen LogP contribution in [0.2, 0.25) is 0 Å². The largest absolute Gasteiger partial charge is 0.486 e. The number of aromatic nitrogens is 4. The zero-order valence-electron chi connectivity index (χ0n) is 19.9.